The molecule has 0 amide bonds. The van der Waals surface area contributed by atoms with Crippen molar-refractivity contribution >= 4 is 17.4 Å². The predicted octanol–water partition coefficient (Wildman–Crippen LogP) is 4.03. The molecule has 0 fully saturated rings. The molecule has 0 aromatic heterocycles. The summed E-state index contributed by atoms with van der Waals surface area (Å²) in [4.78, 5) is 11.7. The van der Waals surface area contributed by atoms with Crippen LogP contribution >= 0.6 is 11.6 Å². The highest BCUT2D eigenvalue weighted by molar-refractivity contribution is 6.30. The minimum absolute atomic E-state index is 0.0768. The van der Waals surface area contributed by atoms with Gasteiger partial charge in [-0.25, -0.2) is 0 Å². The second-order valence-corrected chi connectivity index (χ2v) is 4.58. The van der Waals surface area contributed by atoms with E-state index >= 15 is 0 Å². The van der Waals surface area contributed by atoms with Crippen LogP contribution in [0.25, 0.3) is 0 Å². The summed E-state index contributed by atoms with van der Waals surface area (Å²) in [5.74, 6) is 0.696. The summed E-state index contributed by atoms with van der Waals surface area (Å²) in [6.07, 6.45) is 0.729. The van der Waals surface area contributed by atoms with Crippen LogP contribution in [0.4, 0.5) is 0 Å². The maximum Gasteiger partial charge on any atom is 0.173 e. The van der Waals surface area contributed by atoms with Crippen molar-refractivity contribution in [3.63, 3.8) is 0 Å². The predicted molar refractivity (Wildman–Crippen MR) is 70.6 cm³/mol. The molecule has 0 aliphatic heterocycles. The highest BCUT2D eigenvalue weighted by Crippen LogP contribution is 2.19. The van der Waals surface area contributed by atoms with Crippen LogP contribution in [-0.2, 0) is 4.79 Å². The van der Waals surface area contributed by atoms with Crippen LogP contribution in [0.3, 0.4) is 0 Å². The van der Waals surface area contributed by atoms with Crippen LogP contribution in [0.15, 0.2) is 36.4 Å². The molecule has 1 rings (SSSR count). The zero-order valence-corrected chi connectivity index (χ0v) is 11.0. The Labute approximate surface area is 107 Å². The third-order valence-electron chi connectivity index (χ3n) is 2.36. The minimum Gasteiger partial charge on any atom is -0.483 e. The molecule has 0 saturated carbocycles. The molecule has 1 unspecified atom stereocenters. The second-order valence-electron chi connectivity index (χ2n) is 4.14. The summed E-state index contributed by atoms with van der Waals surface area (Å²) in [6, 6.07) is 7.04. The fourth-order valence-electron chi connectivity index (χ4n) is 1.35. The first kappa shape index (κ1) is 13.8. The van der Waals surface area contributed by atoms with Gasteiger partial charge in [-0.05, 0) is 38.5 Å². The van der Waals surface area contributed by atoms with Crippen LogP contribution in [0.2, 0.25) is 5.02 Å². The Hall–Kier alpha value is -1.28. The quantitative estimate of drug-likeness (QED) is 0.715. The maximum atomic E-state index is 11.7. The summed E-state index contributed by atoms with van der Waals surface area (Å²) in [5.41, 5.74) is 1.01. The standard InChI is InChI=1S/C14H17ClO2/c1-10(2)7-8-14(16)11(3)17-13-6-4-5-12(15)9-13/h4-6,9,11H,1,7-8H2,2-3H3. The fraction of sp³-hybridized carbons (Fsp3) is 0.357. The number of ether oxygens (including phenoxy) is 1. The van der Waals surface area contributed by atoms with E-state index in [1.165, 1.54) is 0 Å². The monoisotopic (exact) mass is 252 g/mol. The summed E-state index contributed by atoms with van der Waals surface area (Å²) in [5, 5.41) is 0.601. The van der Waals surface area contributed by atoms with E-state index in [2.05, 4.69) is 6.58 Å². The van der Waals surface area contributed by atoms with Crippen LogP contribution in [-0.4, -0.2) is 11.9 Å². The van der Waals surface area contributed by atoms with Gasteiger partial charge in [-0.1, -0.05) is 23.2 Å². The van der Waals surface area contributed by atoms with Gasteiger partial charge in [0.25, 0.3) is 0 Å². The first-order valence-electron chi connectivity index (χ1n) is 5.58. The minimum atomic E-state index is -0.451. The van der Waals surface area contributed by atoms with E-state index in [9.17, 15) is 4.79 Å². The first-order valence-corrected chi connectivity index (χ1v) is 5.96. The lowest BCUT2D eigenvalue weighted by Gasteiger charge is -2.13. The molecule has 1 atom stereocenters. The van der Waals surface area contributed by atoms with Gasteiger partial charge < -0.3 is 4.74 Å². The van der Waals surface area contributed by atoms with Crippen molar-refractivity contribution in [3.05, 3.63) is 41.4 Å². The molecule has 0 bridgehead atoms. The molecule has 0 spiro atoms. The van der Waals surface area contributed by atoms with E-state index in [4.69, 9.17) is 16.3 Å². The third-order valence-corrected chi connectivity index (χ3v) is 2.60. The SMILES string of the molecule is C=C(C)CCC(=O)C(C)Oc1cccc(Cl)c1. The molecular weight excluding hydrogens is 236 g/mol. The van der Waals surface area contributed by atoms with Gasteiger partial charge in [0.1, 0.15) is 5.75 Å². The molecule has 1 aromatic rings. The Morgan fingerprint density at radius 1 is 1.47 bits per heavy atom. The van der Waals surface area contributed by atoms with Crippen molar-refractivity contribution in [1.82, 2.24) is 0 Å². The zero-order valence-electron chi connectivity index (χ0n) is 10.2. The topological polar surface area (TPSA) is 26.3 Å². The van der Waals surface area contributed by atoms with Crippen LogP contribution in [0, 0.1) is 0 Å². The lowest BCUT2D eigenvalue weighted by Crippen LogP contribution is -2.23. The first-order chi connectivity index (χ1) is 7.99. The van der Waals surface area contributed by atoms with E-state index in [-0.39, 0.29) is 5.78 Å². The number of ketones is 1. The molecule has 0 aliphatic carbocycles. The fourth-order valence-corrected chi connectivity index (χ4v) is 1.53. The Kier molecular flexibility index (Phi) is 5.23. The van der Waals surface area contributed by atoms with E-state index < -0.39 is 6.10 Å². The molecule has 0 radical (unpaired) electrons. The smallest absolute Gasteiger partial charge is 0.173 e. The van der Waals surface area contributed by atoms with Gasteiger partial charge in [0.05, 0.1) is 0 Å². The number of carbonyl (C=O) groups excluding carboxylic acids is 1. The van der Waals surface area contributed by atoms with Crippen LogP contribution < -0.4 is 4.74 Å². The maximum absolute atomic E-state index is 11.7. The number of carbonyl (C=O) groups is 1. The summed E-state index contributed by atoms with van der Waals surface area (Å²) in [6.45, 7) is 7.44. The summed E-state index contributed by atoms with van der Waals surface area (Å²) < 4.78 is 5.53. The average Bonchev–Trinajstić information content (AvgIpc) is 2.25. The molecule has 0 aliphatic rings. The Balaban J connectivity index is 2.51. The lowest BCUT2D eigenvalue weighted by atomic mass is 10.1. The lowest BCUT2D eigenvalue weighted by molar-refractivity contribution is -0.125. The van der Waals surface area contributed by atoms with E-state index in [1.807, 2.05) is 6.92 Å². The number of benzene rings is 1. The molecule has 3 heteroatoms. The van der Waals surface area contributed by atoms with Gasteiger partial charge in [0, 0.05) is 11.4 Å². The number of rotatable bonds is 6. The Morgan fingerprint density at radius 3 is 2.76 bits per heavy atom. The number of hydrogen-bond donors (Lipinski definition) is 0. The highest BCUT2D eigenvalue weighted by atomic mass is 35.5. The molecule has 0 heterocycles. The molecule has 0 N–H and O–H groups in total. The van der Waals surface area contributed by atoms with Crippen molar-refractivity contribution in [2.75, 3.05) is 0 Å². The van der Waals surface area contributed by atoms with Crippen molar-refractivity contribution in [2.45, 2.75) is 32.8 Å². The summed E-state index contributed by atoms with van der Waals surface area (Å²) in [7, 11) is 0. The van der Waals surface area contributed by atoms with Crippen LogP contribution in [0.1, 0.15) is 26.7 Å². The normalized spacial score (nSPS) is 11.9. The molecule has 92 valence electrons. The summed E-state index contributed by atoms with van der Waals surface area (Å²) >= 11 is 5.83. The third kappa shape index (κ3) is 5.05. The van der Waals surface area contributed by atoms with Gasteiger partial charge in [0.2, 0.25) is 0 Å². The van der Waals surface area contributed by atoms with E-state index in [1.54, 1.807) is 31.2 Å². The molecular formula is C14H17ClO2. The second kappa shape index (κ2) is 6.45. The van der Waals surface area contributed by atoms with Gasteiger partial charge in [-0.15, -0.1) is 6.58 Å². The Bertz CT molecular complexity index is 412. The number of Topliss-reactive ketones (excluding diaryl/α,β-unsaturated/α-hetero) is 1. The van der Waals surface area contributed by atoms with Gasteiger partial charge in [-0.2, -0.15) is 0 Å². The van der Waals surface area contributed by atoms with Crippen molar-refractivity contribution in [2.24, 2.45) is 0 Å². The van der Waals surface area contributed by atoms with Crippen molar-refractivity contribution in [1.29, 1.82) is 0 Å². The largest absolute Gasteiger partial charge is 0.483 e. The molecule has 17 heavy (non-hydrogen) atoms. The Morgan fingerprint density at radius 2 is 2.18 bits per heavy atom. The zero-order chi connectivity index (χ0) is 12.8. The highest BCUT2D eigenvalue weighted by Gasteiger charge is 2.14. The van der Waals surface area contributed by atoms with Crippen molar-refractivity contribution in [3.8, 4) is 5.75 Å². The average molecular weight is 253 g/mol. The number of halogens is 1. The molecule has 1 aromatic carbocycles. The van der Waals surface area contributed by atoms with Crippen LogP contribution in [0.5, 0.6) is 5.75 Å². The van der Waals surface area contributed by atoms with Crippen molar-refractivity contribution < 1.29 is 9.53 Å². The molecule has 0 saturated heterocycles. The molecule has 2 nitrogen and oxygen atoms in total. The van der Waals surface area contributed by atoms with E-state index in [0.717, 1.165) is 5.57 Å². The van der Waals surface area contributed by atoms with Gasteiger partial charge in [-0.3, -0.25) is 4.79 Å². The van der Waals surface area contributed by atoms with E-state index in [0.29, 0.717) is 23.6 Å². The van der Waals surface area contributed by atoms with Gasteiger partial charge >= 0.3 is 0 Å². The van der Waals surface area contributed by atoms with Gasteiger partial charge in [0.15, 0.2) is 11.9 Å². The number of allylic oxidation sites excluding steroid dienone is 1. The number of hydrogen-bond acceptors (Lipinski definition) is 2.